The number of carbonyl (C=O) groups is 2. The molecular weight excluding hydrogens is 576 g/mol. The SMILES string of the molecule is CCCCCCNC(=O)NC(N)=NCCCN1CCN(CCCN=C(N)NC(=O)NCCCCCC)CC1.CS(=O)(=O)O. The fourth-order valence-electron chi connectivity index (χ4n) is 4.13. The van der Waals surface area contributed by atoms with Gasteiger partial charge in [-0.1, -0.05) is 52.4 Å². The molecule has 1 heterocycles. The lowest BCUT2D eigenvalue weighted by atomic mass is 10.2. The second kappa shape index (κ2) is 25.8. The summed E-state index contributed by atoms with van der Waals surface area (Å²) in [5.74, 6) is 0.338. The summed E-state index contributed by atoms with van der Waals surface area (Å²) in [7, 11) is -3.67. The van der Waals surface area contributed by atoms with Crippen LogP contribution < -0.4 is 32.7 Å². The van der Waals surface area contributed by atoms with Gasteiger partial charge in [0.25, 0.3) is 10.1 Å². The zero-order chi connectivity index (χ0) is 32.3. The van der Waals surface area contributed by atoms with Crippen molar-refractivity contribution >= 4 is 34.1 Å². The molecule has 0 unspecified atom stereocenters. The van der Waals surface area contributed by atoms with Crippen molar-refractivity contribution in [1.29, 1.82) is 0 Å². The normalized spacial score (nSPS) is 14.9. The monoisotopic (exact) mass is 634 g/mol. The van der Waals surface area contributed by atoms with Crippen LogP contribution in [0.15, 0.2) is 9.98 Å². The van der Waals surface area contributed by atoms with E-state index >= 15 is 0 Å². The number of aliphatic imine (C=N–C) groups is 2. The number of unbranched alkanes of at least 4 members (excludes halogenated alkanes) is 6. The summed E-state index contributed by atoms with van der Waals surface area (Å²) in [5, 5.41) is 10.8. The van der Waals surface area contributed by atoms with E-state index < -0.39 is 10.1 Å². The third kappa shape index (κ3) is 29.2. The lowest BCUT2D eigenvalue weighted by Gasteiger charge is -2.34. The first kappa shape index (κ1) is 40.3. The van der Waals surface area contributed by atoms with Crippen LogP contribution in [-0.2, 0) is 10.1 Å². The van der Waals surface area contributed by atoms with Gasteiger partial charge in [0.1, 0.15) is 0 Å². The van der Waals surface area contributed by atoms with E-state index in [-0.39, 0.29) is 24.0 Å². The second-order valence-corrected chi connectivity index (χ2v) is 12.0. The topological polar surface area (TPSA) is 220 Å². The van der Waals surface area contributed by atoms with Gasteiger partial charge in [-0.25, -0.2) is 9.59 Å². The average molecular weight is 635 g/mol. The van der Waals surface area contributed by atoms with Crippen molar-refractivity contribution in [2.75, 3.05) is 71.7 Å². The van der Waals surface area contributed by atoms with Gasteiger partial charge in [-0.2, -0.15) is 8.42 Å². The highest BCUT2D eigenvalue weighted by molar-refractivity contribution is 7.85. The van der Waals surface area contributed by atoms with Crippen molar-refractivity contribution in [1.82, 2.24) is 31.1 Å². The Morgan fingerprint density at radius 2 is 1.05 bits per heavy atom. The van der Waals surface area contributed by atoms with Crippen LogP contribution in [0.25, 0.3) is 0 Å². The van der Waals surface area contributed by atoms with Gasteiger partial charge in [-0.15, -0.1) is 0 Å². The highest BCUT2D eigenvalue weighted by Gasteiger charge is 2.15. The number of nitrogens with zero attached hydrogens (tertiary/aromatic N) is 4. The summed E-state index contributed by atoms with van der Waals surface area (Å²) in [5.41, 5.74) is 11.6. The highest BCUT2D eigenvalue weighted by Crippen LogP contribution is 2.04. The first-order chi connectivity index (χ1) is 20.4. The molecule has 15 nitrogen and oxygen atoms in total. The Bertz CT molecular complexity index is 844. The van der Waals surface area contributed by atoms with E-state index in [9.17, 15) is 18.0 Å². The molecule has 0 aromatic rings. The van der Waals surface area contributed by atoms with Gasteiger partial charge < -0.3 is 31.9 Å². The number of rotatable bonds is 18. The Kier molecular flexibility index (Phi) is 24.2. The molecule has 1 saturated heterocycles. The minimum absolute atomic E-state index is 0.169. The Morgan fingerprint density at radius 3 is 1.37 bits per heavy atom. The van der Waals surface area contributed by atoms with Gasteiger partial charge in [0.2, 0.25) is 0 Å². The number of amides is 4. The molecule has 16 heteroatoms. The van der Waals surface area contributed by atoms with Crippen LogP contribution in [0.1, 0.15) is 78.1 Å². The summed E-state index contributed by atoms with van der Waals surface area (Å²) in [6.07, 6.45) is 11.4. The fraction of sp³-hybridized carbons (Fsp3) is 0.852. The standard InChI is InChI=1S/C26H54N10O2.CH4O3S/c1-3-5-7-9-13-31-25(37)33-23(27)29-15-11-17-35-19-21-36(22-20-35)18-12-16-30-24(28)34-26(38)32-14-10-8-6-4-2;1-5(2,3)4/h3-22H2,1-2H3,(H4,27,29,31,33,37)(H4,28,30,32,34,38);1H3,(H,2,3,4). The molecule has 0 aliphatic carbocycles. The maximum atomic E-state index is 11.8. The molecule has 4 amide bonds. The van der Waals surface area contributed by atoms with E-state index in [4.69, 9.17) is 16.0 Å². The van der Waals surface area contributed by atoms with Crippen LogP contribution in [0.2, 0.25) is 0 Å². The summed E-state index contributed by atoms with van der Waals surface area (Å²) < 4.78 is 25.9. The van der Waals surface area contributed by atoms with Crippen molar-refractivity contribution in [3.05, 3.63) is 0 Å². The Labute approximate surface area is 258 Å². The number of nitrogens with two attached hydrogens (primary N) is 2. The number of piperazine rings is 1. The van der Waals surface area contributed by atoms with E-state index in [1.807, 2.05) is 0 Å². The summed E-state index contributed by atoms with van der Waals surface area (Å²) in [6, 6.07) is -0.579. The van der Waals surface area contributed by atoms with Crippen molar-refractivity contribution in [2.45, 2.75) is 78.1 Å². The van der Waals surface area contributed by atoms with Crippen LogP contribution in [-0.4, -0.2) is 118 Å². The molecule has 0 radical (unpaired) electrons. The minimum atomic E-state index is -3.67. The van der Waals surface area contributed by atoms with Gasteiger partial charge in [0, 0.05) is 65.4 Å². The summed E-state index contributed by atoms with van der Waals surface area (Å²) in [6.45, 7) is 12.8. The van der Waals surface area contributed by atoms with Gasteiger partial charge in [-0.3, -0.25) is 25.2 Å². The number of carbonyl (C=O) groups excluding carboxylic acids is 2. The summed E-state index contributed by atoms with van der Waals surface area (Å²) >= 11 is 0. The van der Waals surface area contributed by atoms with E-state index in [1.165, 1.54) is 25.7 Å². The van der Waals surface area contributed by atoms with Crippen molar-refractivity contribution in [3.63, 3.8) is 0 Å². The first-order valence-electron chi connectivity index (χ1n) is 15.5. The van der Waals surface area contributed by atoms with Crippen LogP contribution in [0, 0.1) is 0 Å². The Morgan fingerprint density at radius 1 is 0.698 bits per heavy atom. The molecule has 0 saturated carbocycles. The smallest absolute Gasteiger partial charge is 0.321 e. The van der Waals surface area contributed by atoms with Crippen molar-refractivity contribution < 1.29 is 22.6 Å². The number of hydrogen-bond donors (Lipinski definition) is 7. The molecule has 43 heavy (non-hydrogen) atoms. The number of urea groups is 2. The van der Waals surface area contributed by atoms with Gasteiger partial charge in [0.15, 0.2) is 11.9 Å². The fourth-order valence-corrected chi connectivity index (χ4v) is 4.13. The second-order valence-electron chi connectivity index (χ2n) is 10.5. The maximum Gasteiger partial charge on any atom is 0.321 e. The highest BCUT2D eigenvalue weighted by atomic mass is 32.2. The maximum absolute atomic E-state index is 11.8. The quantitative estimate of drug-likeness (QED) is 0.0499. The van der Waals surface area contributed by atoms with Crippen LogP contribution in [0.3, 0.4) is 0 Å². The Balaban J connectivity index is 0.00000324. The van der Waals surface area contributed by atoms with Gasteiger partial charge >= 0.3 is 12.1 Å². The Hall–Kier alpha value is -2.69. The van der Waals surface area contributed by atoms with E-state index in [0.717, 1.165) is 77.8 Å². The van der Waals surface area contributed by atoms with Crippen LogP contribution in [0.4, 0.5) is 9.59 Å². The minimum Gasteiger partial charge on any atom is -0.370 e. The number of nitrogens with one attached hydrogen (secondary N) is 4. The van der Waals surface area contributed by atoms with E-state index in [0.29, 0.717) is 32.4 Å². The molecule has 1 rings (SSSR count). The molecule has 1 aliphatic rings. The van der Waals surface area contributed by atoms with E-state index in [2.05, 4.69) is 54.9 Å². The zero-order valence-electron chi connectivity index (χ0n) is 26.6. The lowest BCUT2D eigenvalue weighted by molar-refractivity contribution is 0.131. The molecule has 0 spiro atoms. The van der Waals surface area contributed by atoms with E-state index in [1.54, 1.807) is 0 Å². The molecular formula is C27H58N10O5S. The number of guanidine groups is 2. The molecule has 1 aliphatic heterocycles. The van der Waals surface area contributed by atoms with Crippen molar-refractivity contribution in [3.8, 4) is 0 Å². The zero-order valence-corrected chi connectivity index (χ0v) is 27.4. The lowest BCUT2D eigenvalue weighted by Crippen LogP contribution is -2.47. The molecule has 0 aromatic heterocycles. The molecule has 252 valence electrons. The third-order valence-corrected chi connectivity index (χ3v) is 6.41. The number of hydrogen-bond acceptors (Lipinski definition) is 8. The predicted molar refractivity (Wildman–Crippen MR) is 174 cm³/mol. The molecule has 9 N–H and O–H groups in total. The van der Waals surface area contributed by atoms with Crippen LogP contribution in [0.5, 0.6) is 0 Å². The third-order valence-electron chi connectivity index (χ3n) is 6.41. The molecule has 0 atom stereocenters. The largest absolute Gasteiger partial charge is 0.370 e. The first-order valence-corrected chi connectivity index (χ1v) is 17.4. The predicted octanol–water partition coefficient (Wildman–Crippen LogP) is 1.28. The average Bonchev–Trinajstić information content (AvgIpc) is 2.93. The van der Waals surface area contributed by atoms with Crippen LogP contribution >= 0.6 is 0 Å². The summed E-state index contributed by atoms with van der Waals surface area (Å²) in [4.78, 5) is 37.0. The van der Waals surface area contributed by atoms with Gasteiger partial charge in [0.05, 0.1) is 6.26 Å². The molecule has 0 aromatic carbocycles. The molecule has 0 bridgehead atoms. The van der Waals surface area contributed by atoms with Crippen molar-refractivity contribution in [2.24, 2.45) is 21.5 Å². The molecule has 1 fully saturated rings. The van der Waals surface area contributed by atoms with Gasteiger partial charge in [-0.05, 0) is 25.7 Å².